The summed E-state index contributed by atoms with van der Waals surface area (Å²) in [6.45, 7) is 5.34. The number of rotatable bonds is 12. The maximum Gasteiger partial charge on any atom is 0.326 e. The number of carbonyl (C=O) groups is 3. The van der Waals surface area contributed by atoms with Gasteiger partial charge in [-0.25, -0.2) is 4.79 Å². The van der Waals surface area contributed by atoms with Crippen LogP contribution in [-0.2, 0) is 14.4 Å². The lowest BCUT2D eigenvalue weighted by molar-refractivity contribution is -0.144. The van der Waals surface area contributed by atoms with Crippen molar-refractivity contribution in [3.8, 4) is 0 Å². The normalized spacial score (nSPS) is 17.0. The maximum absolute atomic E-state index is 12.3. The summed E-state index contributed by atoms with van der Waals surface area (Å²) < 4.78 is 0. The minimum Gasteiger partial charge on any atom is -0.480 e. The van der Waals surface area contributed by atoms with Crippen LogP contribution in [0, 0.1) is 5.92 Å². The molecule has 0 aromatic carbocycles. The third-order valence-corrected chi connectivity index (χ3v) is 4.15. The molecular formula is C16H32N4O5. The van der Waals surface area contributed by atoms with E-state index in [4.69, 9.17) is 11.5 Å². The number of unbranched alkanes of at least 4 members (excludes halogenated alkanes) is 1. The molecule has 146 valence electrons. The van der Waals surface area contributed by atoms with Crippen LogP contribution in [0.25, 0.3) is 0 Å². The first-order valence-electron chi connectivity index (χ1n) is 8.62. The smallest absolute Gasteiger partial charge is 0.326 e. The largest absolute Gasteiger partial charge is 0.480 e. The van der Waals surface area contributed by atoms with E-state index < -0.39 is 42.0 Å². The number of nitrogens with two attached hydrogens (primary N) is 2. The highest BCUT2D eigenvalue weighted by atomic mass is 16.4. The van der Waals surface area contributed by atoms with Crippen LogP contribution >= 0.6 is 0 Å². The Labute approximate surface area is 148 Å². The van der Waals surface area contributed by atoms with E-state index in [0.29, 0.717) is 25.8 Å². The van der Waals surface area contributed by atoms with E-state index in [1.807, 2.05) is 0 Å². The second kappa shape index (κ2) is 11.8. The number of aliphatic hydroxyl groups excluding tert-OH is 1. The van der Waals surface area contributed by atoms with Crippen LogP contribution in [0.1, 0.15) is 46.5 Å². The second-order valence-corrected chi connectivity index (χ2v) is 6.33. The van der Waals surface area contributed by atoms with Crippen molar-refractivity contribution in [1.29, 1.82) is 0 Å². The lowest BCUT2D eigenvalue weighted by Gasteiger charge is -2.26. The zero-order valence-electron chi connectivity index (χ0n) is 15.2. The molecule has 0 aliphatic heterocycles. The molecule has 8 N–H and O–H groups in total. The van der Waals surface area contributed by atoms with Gasteiger partial charge in [0.25, 0.3) is 0 Å². The first-order valence-corrected chi connectivity index (χ1v) is 8.62. The fourth-order valence-electron chi connectivity index (χ4n) is 2.23. The molecule has 2 amide bonds. The molecule has 0 heterocycles. The molecule has 9 heteroatoms. The Morgan fingerprint density at radius 3 is 2.04 bits per heavy atom. The van der Waals surface area contributed by atoms with Crippen molar-refractivity contribution in [2.75, 3.05) is 6.54 Å². The summed E-state index contributed by atoms with van der Waals surface area (Å²) in [6, 6.07) is -3.21. The highest BCUT2D eigenvalue weighted by molar-refractivity contribution is 5.92. The van der Waals surface area contributed by atoms with Gasteiger partial charge < -0.3 is 32.3 Å². The van der Waals surface area contributed by atoms with Crippen LogP contribution in [0.5, 0.6) is 0 Å². The van der Waals surface area contributed by atoms with E-state index in [2.05, 4.69) is 10.6 Å². The molecule has 0 aromatic heterocycles. The Morgan fingerprint density at radius 2 is 1.60 bits per heavy atom. The number of aliphatic hydroxyl groups is 1. The predicted molar refractivity (Wildman–Crippen MR) is 93.5 cm³/mol. The Hall–Kier alpha value is -1.71. The minimum atomic E-state index is -1.28. The van der Waals surface area contributed by atoms with Crippen molar-refractivity contribution in [3.05, 3.63) is 0 Å². The number of hydrogen-bond acceptors (Lipinski definition) is 6. The number of carboxylic acid groups (broad SMARTS) is 1. The van der Waals surface area contributed by atoms with Crippen LogP contribution in [-0.4, -0.2) is 58.8 Å². The lowest BCUT2D eigenvalue weighted by Crippen LogP contribution is -2.59. The van der Waals surface area contributed by atoms with Gasteiger partial charge in [-0.2, -0.15) is 0 Å². The van der Waals surface area contributed by atoms with Crippen LogP contribution in [0.3, 0.4) is 0 Å². The van der Waals surface area contributed by atoms with Gasteiger partial charge in [-0.15, -0.1) is 0 Å². The van der Waals surface area contributed by atoms with Gasteiger partial charge in [0.05, 0.1) is 12.1 Å². The predicted octanol–water partition coefficient (Wildman–Crippen LogP) is -1.08. The van der Waals surface area contributed by atoms with Crippen molar-refractivity contribution >= 4 is 17.8 Å². The van der Waals surface area contributed by atoms with Gasteiger partial charge in [-0.1, -0.05) is 26.7 Å². The van der Waals surface area contributed by atoms with Gasteiger partial charge in [0, 0.05) is 0 Å². The summed E-state index contributed by atoms with van der Waals surface area (Å²) in [5.41, 5.74) is 11.1. The van der Waals surface area contributed by atoms with Crippen molar-refractivity contribution in [1.82, 2.24) is 10.6 Å². The molecule has 25 heavy (non-hydrogen) atoms. The monoisotopic (exact) mass is 360 g/mol. The SMILES string of the molecule is CC[C@H](C)[C@H](NC(=O)[C@@H](NC(=O)[C@@H](N)CCCCN)[C@@H](C)O)C(=O)O. The van der Waals surface area contributed by atoms with E-state index in [0.717, 1.165) is 6.42 Å². The quantitative estimate of drug-likeness (QED) is 0.241. The van der Waals surface area contributed by atoms with E-state index in [9.17, 15) is 24.6 Å². The molecule has 0 saturated carbocycles. The molecule has 0 aromatic rings. The summed E-state index contributed by atoms with van der Waals surface area (Å²) in [6.07, 6.45) is 1.16. The molecule has 5 atom stereocenters. The zero-order valence-corrected chi connectivity index (χ0v) is 15.2. The van der Waals surface area contributed by atoms with Crippen LogP contribution in [0.2, 0.25) is 0 Å². The van der Waals surface area contributed by atoms with Crippen molar-refractivity contribution in [2.24, 2.45) is 17.4 Å². The highest BCUT2D eigenvalue weighted by Crippen LogP contribution is 2.09. The fraction of sp³-hybridized carbons (Fsp3) is 0.812. The summed E-state index contributed by atoms with van der Waals surface area (Å²) >= 11 is 0. The first-order chi connectivity index (χ1) is 11.6. The number of carbonyl (C=O) groups excluding carboxylic acids is 2. The molecule has 0 saturated heterocycles. The number of nitrogens with one attached hydrogen (secondary N) is 2. The van der Waals surface area contributed by atoms with E-state index in [-0.39, 0.29) is 5.92 Å². The van der Waals surface area contributed by atoms with E-state index in [1.165, 1.54) is 6.92 Å². The van der Waals surface area contributed by atoms with Crippen LogP contribution < -0.4 is 22.1 Å². The van der Waals surface area contributed by atoms with Gasteiger partial charge >= 0.3 is 5.97 Å². The Kier molecular flexibility index (Phi) is 11.0. The third kappa shape index (κ3) is 8.28. The number of hydrogen-bond donors (Lipinski definition) is 6. The average Bonchev–Trinajstić information content (AvgIpc) is 2.55. The molecule has 9 nitrogen and oxygen atoms in total. The van der Waals surface area contributed by atoms with Gasteiger partial charge in [0.1, 0.15) is 12.1 Å². The number of carboxylic acids is 1. The van der Waals surface area contributed by atoms with Crippen LogP contribution in [0.15, 0.2) is 0 Å². The average molecular weight is 360 g/mol. The van der Waals surface area contributed by atoms with Gasteiger partial charge in [0.15, 0.2) is 0 Å². The second-order valence-electron chi connectivity index (χ2n) is 6.33. The van der Waals surface area contributed by atoms with Gasteiger partial charge in [-0.05, 0) is 32.2 Å². The minimum absolute atomic E-state index is 0.301. The Bertz CT molecular complexity index is 444. The number of amides is 2. The lowest BCUT2D eigenvalue weighted by atomic mass is 9.98. The summed E-state index contributed by atoms with van der Waals surface area (Å²) in [7, 11) is 0. The molecule has 0 bridgehead atoms. The third-order valence-electron chi connectivity index (χ3n) is 4.15. The van der Waals surface area contributed by atoms with E-state index in [1.54, 1.807) is 13.8 Å². The Balaban J connectivity index is 4.89. The molecule has 0 aliphatic carbocycles. The molecule has 0 spiro atoms. The van der Waals surface area contributed by atoms with Crippen molar-refractivity contribution in [2.45, 2.75) is 70.7 Å². The molecular weight excluding hydrogens is 328 g/mol. The fourth-order valence-corrected chi connectivity index (χ4v) is 2.23. The van der Waals surface area contributed by atoms with Crippen LogP contribution in [0.4, 0.5) is 0 Å². The summed E-state index contributed by atoms with van der Waals surface area (Å²) in [4.78, 5) is 35.7. The standard InChI is InChI=1S/C16H32N4O5/c1-4-9(2)12(16(24)25)19-15(23)13(10(3)21)20-14(22)11(18)7-5-6-8-17/h9-13,21H,4-8,17-18H2,1-3H3,(H,19,23)(H,20,22)(H,24,25)/t9-,10+,11-,12-,13-/m0/s1. The molecule has 0 aliphatic rings. The number of aliphatic carboxylic acids is 1. The van der Waals surface area contributed by atoms with Crippen molar-refractivity contribution in [3.63, 3.8) is 0 Å². The molecule has 0 fully saturated rings. The van der Waals surface area contributed by atoms with Crippen molar-refractivity contribution < 1.29 is 24.6 Å². The molecule has 0 rings (SSSR count). The molecule has 0 radical (unpaired) electrons. The van der Waals surface area contributed by atoms with Gasteiger partial charge in [0.2, 0.25) is 11.8 Å². The first kappa shape index (κ1) is 23.3. The Morgan fingerprint density at radius 1 is 1.04 bits per heavy atom. The zero-order chi connectivity index (χ0) is 19.6. The van der Waals surface area contributed by atoms with E-state index >= 15 is 0 Å². The van der Waals surface area contributed by atoms with Gasteiger partial charge in [-0.3, -0.25) is 9.59 Å². The summed E-state index contributed by atoms with van der Waals surface area (Å²) in [5, 5.41) is 23.8. The maximum atomic E-state index is 12.3. The molecule has 0 unspecified atom stereocenters. The topological polar surface area (TPSA) is 168 Å². The highest BCUT2D eigenvalue weighted by Gasteiger charge is 2.32. The summed E-state index contributed by atoms with van der Waals surface area (Å²) in [5.74, 6) is -2.80.